The Morgan fingerprint density at radius 1 is 0.448 bits per heavy atom. The van der Waals surface area contributed by atoms with Crippen LogP contribution >= 0.6 is 0 Å². The van der Waals surface area contributed by atoms with Crippen LogP contribution in [0.15, 0.2) is 103 Å². The number of hydrogen-bond acceptors (Lipinski definition) is 1. The maximum absolute atomic E-state index is 2.69. The fraction of sp³-hybridized carbons (Fsp3) is 0.474. The Morgan fingerprint density at radius 3 is 1.53 bits per heavy atom. The van der Waals surface area contributed by atoms with Gasteiger partial charge in [0, 0.05) is 22.5 Å². The highest BCUT2D eigenvalue weighted by Crippen LogP contribution is 2.85. The molecule has 298 valence electrons. The van der Waals surface area contributed by atoms with Crippen LogP contribution in [0.4, 0.5) is 17.1 Å². The number of anilines is 3. The highest BCUT2D eigenvalue weighted by Gasteiger charge is 2.81. The molecule has 1 nitrogen and oxygen atoms in total. The molecule has 11 rings (SSSR count). The fourth-order valence-electron chi connectivity index (χ4n) is 14.7. The molecule has 6 atom stereocenters. The van der Waals surface area contributed by atoms with Gasteiger partial charge in [0.2, 0.25) is 0 Å². The Balaban J connectivity index is 1.09. The minimum atomic E-state index is 0.0631. The van der Waals surface area contributed by atoms with Gasteiger partial charge >= 0.3 is 0 Å². The Bertz CT molecular complexity index is 2510. The summed E-state index contributed by atoms with van der Waals surface area (Å²) in [6.07, 6.45) is 9.03. The lowest BCUT2D eigenvalue weighted by atomic mass is 9.27. The van der Waals surface area contributed by atoms with Gasteiger partial charge in [-0.2, -0.15) is 0 Å². The van der Waals surface area contributed by atoms with E-state index in [0.29, 0.717) is 17.3 Å². The van der Waals surface area contributed by atoms with E-state index in [1.807, 2.05) is 0 Å². The summed E-state index contributed by atoms with van der Waals surface area (Å²) in [5.74, 6) is 2.99. The molecule has 0 saturated heterocycles. The third-order valence-corrected chi connectivity index (χ3v) is 18.0. The Morgan fingerprint density at radius 2 is 0.914 bits per heavy atom. The fourth-order valence-corrected chi connectivity index (χ4v) is 14.7. The highest BCUT2D eigenvalue weighted by molar-refractivity contribution is 5.89. The third kappa shape index (κ3) is 4.71. The lowest BCUT2D eigenvalue weighted by Gasteiger charge is -2.76. The Kier molecular flexibility index (Phi) is 7.51. The molecule has 3 fully saturated rings. The van der Waals surface area contributed by atoms with Gasteiger partial charge in [0.25, 0.3) is 0 Å². The van der Waals surface area contributed by atoms with Crippen LogP contribution in [-0.4, -0.2) is 0 Å². The summed E-state index contributed by atoms with van der Waals surface area (Å²) in [5, 5.41) is 0. The predicted molar refractivity (Wildman–Crippen MR) is 245 cm³/mol. The van der Waals surface area contributed by atoms with Gasteiger partial charge in [-0.05, 0) is 194 Å². The summed E-state index contributed by atoms with van der Waals surface area (Å²) < 4.78 is 0. The molecule has 6 unspecified atom stereocenters. The average molecular weight is 764 g/mol. The first-order valence-corrected chi connectivity index (χ1v) is 22.9. The van der Waals surface area contributed by atoms with Crippen LogP contribution in [0.25, 0.3) is 22.3 Å². The van der Waals surface area contributed by atoms with E-state index < -0.39 is 0 Å². The van der Waals surface area contributed by atoms with Crippen molar-refractivity contribution in [2.45, 2.75) is 141 Å². The molecular formula is C57H65N. The summed E-state index contributed by atoms with van der Waals surface area (Å²) in [6, 6.07) is 41.4. The number of fused-ring (bicyclic) bond motifs is 9. The Hall–Kier alpha value is -4.10. The smallest absolute Gasteiger partial charge is 0.0465 e. The summed E-state index contributed by atoms with van der Waals surface area (Å²) in [4.78, 5) is 2.57. The molecule has 3 saturated carbocycles. The molecule has 6 aliphatic carbocycles. The van der Waals surface area contributed by atoms with Gasteiger partial charge in [0.05, 0.1) is 0 Å². The number of para-hydroxylation sites is 1. The van der Waals surface area contributed by atoms with Crippen molar-refractivity contribution in [2.24, 2.45) is 29.1 Å². The molecule has 0 bridgehead atoms. The normalized spacial score (nSPS) is 30.8. The van der Waals surface area contributed by atoms with Crippen molar-refractivity contribution in [2.75, 3.05) is 4.90 Å². The van der Waals surface area contributed by atoms with E-state index in [1.54, 1.807) is 22.3 Å². The van der Waals surface area contributed by atoms with E-state index in [-0.39, 0.29) is 27.1 Å². The molecule has 0 aliphatic heterocycles. The molecule has 0 amide bonds. The highest BCUT2D eigenvalue weighted by atomic mass is 15.1. The van der Waals surface area contributed by atoms with Gasteiger partial charge < -0.3 is 4.90 Å². The molecule has 0 heterocycles. The standard InChI is InChI=1S/C57H65N/c1-35-28-50-56(34-35)36(2)29-51(56)57(50)46-30-37(38-17-22-44-48(31-38)54(7,8)26-24-52(44,3)4)16-20-42(46)43-21-18-40(32-47(43)57)58(39-14-12-11-13-15-39)41-19-23-45-49(33-41)55(9,10)27-25-53(45,5)6/h11-23,30-33,35-36,50-51H,24-29,34H2,1-10H3. The molecule has 0 radical (unpaired) electrons. The van der Waals surface area contributed by atoms with Crippen molar-refractivity contribution in [1.29, 1.82) is 0 Å². The molecule has 5 aromatic rings. The topological polar surface area (TPSA) is 3.24 Å². The summed E-state index contributed by atoms with van der Waals surface area (Å²) in [6.45, 7) is 24.8. The number of benzene rings is 5. The summed E-state index contributed by atoms with van der Waals surface area (Å²) in [7, 11) is 0. The van der Waals surface area contributed by atoms with Crippen LogP contribution in [0.5, 0.6) is 0 Å². The average Bonchev–Trinajstić information content (AvgIpc) is 3.70. The first-order valence-electron chi connectivity index (χ1n) is 22.9. The molecule has 2 spiro atoms. The van der Waals surface area contributed by atoms with E-state index in [2.05, 4.69) is 177 Å². The number of rotatable bonds is 4. The van der Waals surface area contributed by atoms with Crippen molar-refractivity contribution in [3.05, 3.63) is 137 Å². The maximum Gasteiger partial charge on any atom is 0.0465 e. The van der Waals surface area contributed by atoms with E-state index in [0.717, 1.165) is 11.8 Å². The minimum Gasteiger partial charge on any atom is -0.310 e. The van der Waals surface area contributed by atoms with E-state index >= 15 is 0 Å². The molecule has 6 aliphatic rings. The molecular weight excluding hydrogens is 699 g/mol. The predicted octanol–water partition coefficient (Wildman–Crippen LogP) is 15.5. The second-order valence-corrected chi connectivity index (χ2v) is 23.0. The largest absolute Gasteiger partial charge is 0.310 e. The van der Waals surface area contributed by atoms with Crippen molar-refractivity contribution < 1.29 is 0 Å². The summed E-state index contributed by atoms with van der Waals surface area (Å²) >= 11 is 0. The SMILES string of the molecule is CC1CC2C3(c4cc(-c5ccc6c(c5)C(C)(C)CCC6(C)C)ccc4-c4ccc(N(c5ccccc5)c5ccc6c(c5)C(C)(C)CCC6(C)C)cc43)C3CC(C)C23C1. The zero-order valence-corrected chi connectivity index (χ0v) is 37.0. The van der Waals surface area contributed by atoms with E-state index in [4.69, 9.17) is 0 Å². The van der Waals surface area contributed by atoms with Crippen molar-refractivity contribution in [3.8, 4) is 22.3 Å². The van der Waals surface area contributed by atoms with E-state index in [1.165, 1.54) is 95.4 Å². The van der Waals surface area contributed by atoms with Gasteiger partial charge in [0.15, 0.2) is 0 Å². The van der Waals surface area contributed by atoms with Crippen LogP contribution in [0.3, 0.4) is 0 Å². The molecule has 0 aromatic heterocycles. The first kappa shape index (κ1) is 36.9. The number of nitrogens with zero attached hydrogens (tertiary/aromatic N) is 1. The second kappa shape index (κ2) is 11.8. The van der Waals surface area contributed by atoms with Crippen LogP contribution in [0.1, 0.15) is 148 Å². The Labute approximate surface area is 349 Å². The van der Waals surface area contributed by atoms with Crippen molar-refractivity contribution >= 4 is 17.1 Å². The van der Waals surface area contributed by atoms with Gasteiger partial charge in [-0.1, -0.05) is 130 Å². The van der Waals surface area contributed by atoms with Crippen molar-refractivity contribution in [1.82, 2.24) is 0 Å². The van der Waals surface area contributed by atoms with Crippen molar-refractivity contribution in [3.63, 3.8) is 0 Å². The van der Waals surface area contributed by atoms with E-state index in [9.17, 15) is 0 Å². The van der Waals surface area contributed by atoms with Crippen LogP contribution in [0.2, 0.25) is 0 Å². The van der Waals surface area contributed by atoms with Crippen LogP contribution < -0.4 is 4.90 Å². The molecule has 1 heteroatoms. The molecule has 58 heavy (non-hydrogen) atoms. The number of hydrogen-bond donors (Lipinski definition) is 0. The quantitative estimate of drug-likeness (QED) is 0.176. The van der Waals surface area contributed by atoms with Gasteiger partial charge in [-0.15, -0.1) is 0 Å². The molecule has 5 aromatic carbocycles. The van der Waals surface area contributed by atoms with Gasteiger partial charge in [0.1, 0.15) is 0 Å². The summed E-state index contributed by atoms with van der Waals surface area (Å²) in [5.41, 5.74) is 20.2. The van der Waals surface area contributed by atoms with Gasteiger partial charge in [-0.25, -0.2) is 0 Å². The zero-order valence-electron chi connectivity index (χ0n) is 37.0. The third-order valence-electron chi connectivity index (χ3n) is 18.0. The lowest BCUT2D eigenvalue weighted by molar-refractivity contribution is -0.228. The monoisotopic (exact) mass is 764 g/mol. The second-order valence-electron chi connectivity index (χ2n) is 23.0. The van der Waals surface area contributed by atoms with Gasteiger partial charge in [-0.3, -0.25) is 0 Å². The first-order chi connectivity index (χ1) is 27.5. The lowest BCUT2D eigenvalue weighted by Crippen LogP contribution is -2.73. The maximum atomic E-state index is 2.69. The minimum absolute atomic E-state index is 0.0631. The molecule has 0 N–H and O–H groups in total. The zero-order chi connectivity index (χ0) is 40.4. The van der Waals surface area contributed by atoms with Crippen LogP contribution in [-0.2, 0) is 27.1 Å². The van der Waals surface area contributed by atoms with Crippen LogP contribution in [0, 0.1) is 29.1 Å².